The van der Waals surface area contributed by atoms with Crippen LogP contribution in [0.3, 0.4) is 0 Å². The third-order valence-corrected chi connectivity index (χ3v) is 3.28. The van der Waals surface area contributed by atoms with Crippen molar-refractivity contribution in [2.45, 2.75) is 13.8 Å². The van der Waals surface area contributed by atoms with E-state index in [0.717, 1.165) is 13.1 Å². The van der Waals surface area contributed by atoms with E-state index in [0.29, 0.717) is 11.1 Å². The van der Waals surface area contributed by atoms with Crippen molar-refractivity contribution in [2.24, 2.45) is 0 Å². The monoisotopic (exact) mass is 255 g/mol. The van der Waals surface area contributed by atoms with E-state index in [-0.39, 0.29) is 17.1 Å². The fourth-order valence-corrected chi connectivity index (χ4v) is 2.12. The average molecular weight is 255 g/mol. The molecule has 0 fully saturated rings. The number of carbonyl (C=O) groups excluding carboxylic acids is 2. The van der Waals surface area contributed by atoms with Crippen molar-refractivity contribution in [2.75, 3.05) is 13.1 Å². The lowest BCUT2D eigenvalue weighted by molar-refractivity contribution is 0.0989. The summed E-state index contributed by atoms with van der Waals surface area (Å²) in [4.78, 5) is 26.3. The molecule has 0 N–H and O–H groups in total. The van der Waals surface area contributed by atoms with Crippen molar-refractivity contribution < 1.29 is 9.59 Å². The minimum absolute atomic E-state index is 0.176. The first-order valence-corrected chi connectivity index (χ1v) is 6.50. The van der Waals surface area contributed by atoms with Gasteiger partial charge in [-0.1, -0.05) is 24.3 Å². The molecule has 1 aromatic rings. The van der Waals surface area contributed by atoms with Crippen LogP contribution in [0.5, 0.6) is 0 Å². The first-order chi connectivity index (χ1) is 9.19. The molecule has 0 radical (unpaired) electrons. The Kier molecular flexibility index (Phi) is 3.95. The highest BCUT2D eigenvalue weighted by Crippen LogP contribution is 2.25. The third kappa shape index (κ3) is 2.50. The van der Waals surface area contributed by atoms with Crippen LogP contribution in [0.1, 0.15) is 34.6 Å². The number of Topliss-reactive ketones (excluding diaryl/α,β-unsaturated/α-hetero) is 2. The molecular weight excluding hydrogens is 238 g/mol. The van der Waals surface area contributed by atoms with Crippen molar-refractivity contribution in [3.05, 3.63) is 59.3 Å². The molecule has 0 atom stereocenters. The van der Waals surface area contributed by atoms with Crippen LogP contribution in [0.2, 0.25) is 0 Å². The highest BCUT2D eigenvalue weighted by molar-refractivity contribution is 6.39. The number of allylic oxidation sites excluding steroid dienone is 3. The molecule has 1 aliphatic carbocycles. The standard InChI is InChI=1S/C16H17NO2/c1-3-17(4-2)11-7-10-14-15(18)12-8-5-6-9-13(12)16(14)19/h5-11H,3-4H2,1-2H3/b11-7+. The molecule has 98 valence electrons. The number of carbonyl (C=O) groups is 2. The minimum Gasteiger partial charge on any atom is -0.378 e. The predicted molar refractivity (Wildman–Crippen MR) is 75.2 cm³/mol. The molecule has 0 amide bonds. The number of nitrogens with zero attached hydrogens (tertiary/aromatic N) is 1. The molecule has 3 heteroatoms. The topological polar surface area (TPSA) is 37.4 Å². The largest absolute Gasteiger partial charge is 0.378 e. The van der Waals surface area contributed by atoms with Crippen molar-refractivity contribution in [3.63, 3.8) is 0 Å². The summed E-state index contributed by atoms with van der Waals surface area (Å²) in [5, 5.41) is 0. The summed E-state index contributed by atoms with van der Waals surface area (Å²) in [6.07, 6.45) is 5.28. The lowest BCUT2D eigenvalue weighted by atomic mass is 10.1. The summed E-state index contributed by atoms with van der Waals surface area (Å²) in [5.41, 5.74) is 1.27. The molecule has 0 saturated heterocycles. The van der Waals surface area contributed by atoms with Crippen LogP contribution in [0.15, 0.2) is 48.2 Å². The van der Waals surface area contributed by atoms with E-state index in [1.807, 2.05) is 6.20 Å². The summed E-state index contributed by atoms with van der Waals surface area (Å²) in [7, 11) is 0. The lowest BCUT2D eigenvalue weighted by Crippen LogP contribution is -2.14. The molecule has 0 spiro atoms. The summed E-state index contributed by atoms with van der Waals surface area (Å²) < 4.78 is 0. The summed E-state index contributed by atoms with van der Waals surface area (Å²) >= 11 is 0. The Bertz CT molecular complexity index is 529. The Morgan fingerprint density at radius 2 is 1.53 bits per heavy atom. The van der Waals surface area contributed by atoms with Gasteiger partial charge in [-0.25, -0.2) is 0 Å². The van der Waals surface area contributed by atoms with Crippen LogP contribution < -0.4 is 0 Å². The van der Waals surface area contributed by atoms with E-state index in [9.17, 15) is 9.59 Å². The van der Waals surface area contributed by atoms with E-state index in [1.54, 1.807) is 36.4 Å². The van der Waals surface area contributed by atoms with Gasteiger partial charge >= 0.3 is 0 Å². The van der Waals surface area contributed by atoms with E-state index in [2.05, 4.69) is 18.7 Å². The maximum atomic E-state index is 12.1. The minimum atomic E-state index is -0.176. The van der Waals surface area contributed by atoms with Crippen molar-refractivity contribution in [3.8, 4) is 0 Å². The van der Waals surface area contributed by atoms with Crippen LogP contribution >= 0.6 is 0 Å². The SMILES string of the molecule is CCN(/C=C/C=C1C(=O)c2ccccc2C1=O)CC. The molecule has 0 unspecified atom stereocenters. The van der Waals surface area contributed by atoms with Crippen molar-refractivity contribution in [1.82, 2.24) is 4.90 Å². The highest BCUT2D eigenvalue weighted by Gasteiger charge is 2.31. The molecule has 1 aliphatic rings. The third-order valence-electron chi connectivity index (χ3n) is 3.28. The number of ketones is 2. The quantitative estimate of drug-likeness (QED) is 0.613. The van der Waals surface area contributed by atoms with Gasteiger partial charge in [0.25, 0.3) is 0 Å². The molecule has 1 aromatic carbocycles. The first kappa shape index (κ1) is 13.3. The zero-order valence-electron chi connectivity index (χ0n) is 11.2. The van der Waals surface area contributed by atoms with E-state index < -0.39 is 0 Å². The molecule has 19 heavy (non-hydrogen) atoms. The zero-order valence-corrected chi connectivity index (χ0v) is 11.2. The maximum absolute atomic E-state index is 12.1. The van der Waals surface area contributed by atoms with Gasteiger partial charge in [0.2, 0.25) is 0 Å². The van der Waals surface area contributed by atoms with Gasteiger partial charge in [0.1, 0.15) is 0 Å². The summed E-state index contributed by atoms with van der Waals surface area (Å²) in [5.74, 6) is -0.352. The van der Waals surface area contributed by atoms with Crippen molar-refractivity contribution in [1.29, 1.82) is 0 Å². The van der Waals surface area contributed by atoms with Crippen LogP contribution in [0.4, 0.5) is 0 Å². The second-order valence-electron chi connectivity index (χ2n) is 4.35. The van der Waals surface area contributed by atoms with Crippen LogP contribution in [-0.4, -0.2) is 29.6 Å². The van der Waals surface area contributed by atoms with E-state index in [4.69, 9.17) is 0 Å². The van der Waals surface area contributed by atoms with Gasteiger partial charge in [0, 0.05) is 24.2 Å². The van der Waals surface area contributed by atoms with E-state index in [1.165, 1.54) is 0 Å². The lowest BCUT2D eigenvalue weighted by Gasteiger charge is -2.13. The van der Waals surface area contributed by atoms with Gasteiger partial charge in [-0.3, -0.25) is 9.59 Å². The number of hydrogen-bond donors (Lipinski definition) is 0. The van der Waals surface area contributed by atoms with Gasteiger partial charge in [-0.05, 0) is 32.2 Å². The van der Waals surface area contributed by atoms with Gasteiger partial charge in [0.05, 0.1) is 5.57 Å². The molecule has 2 rings (SSSR count). The number of benzene rings is 1. The molecule has 0 aliphatic heterocycles. The fourth-order valence-electron chi connectivity index (χ4n) is 2.12. The van der Waals surface area contributed by atoms with Gasteiger partial charge in [-0.2, -0.15) is 0 Å². The Balaban J connectivity index is 2.25. The first-order valence-electron chi connectivity index (χ1n) is 6.50. The smallest absolute Gasteiger partial charge is 0.197 e. The molecule has 3 nitrogen and oxygen atoms in total. The highest BCUT2D eigenvalue weighted by atomic mass is 16.2. The number of rotatable bonds is 4. The van der Waals surface area contributed by atoms with Crippen molar-refractivity contribution >= 4 is 11.6 Å². The Labute approximate surface area is 113 Å². The van der Waals surface area contributed by atoms with Crippen LogP contribution in [0.25, 0.3) is 0 Å². The second kappa shape index (κ2) is 5.65. The number of fused-ring (bicyclic) bond motifs is 1. The normalized spacial score (nSPS) is 14.1. The Morgan fingerprint density at radius 1 is 1.00 bits per heavy atom. The molecule has 0 aromatic heterocycles. The van der Waals surface area contributed by atoms with Gasteiger partial charge in [-0.15, -0.1) is 0 Å². The average Bonchev–Trinajstić information content (AvgIpc) is 2.69. The Hall–Kier alpha value is -2.16. The molecule has 0 bridgehead atoms. The molecular formula is C16H17NO2. The Morgan fingerprint density at radius 3 is 2.00 bits per heavy atom. The van der Waals surface area contributed by atoms with E-state index >= 15 is 0 Å². The van der Waals surface area contributed by atoms with Crippen LogP contribution in [0, 0.1) is 0 Å². The number of hydrogen-bond acceptors (Lipinski definition) is 3. The summed E-state index contributed by atoms with van der Waals surface area (Å²) in [6.45, 7) is 5.92. The molecule has 0 saturated carbocycles. The maximum Gasteiger partial charge on any atom is 0.197 e. The second-order valence-corrected chi connectivity index (χ2v) is 4.35. The van der Waals surface area contributed by atoms with Gasteiger partial charge in [0.15, 0.2) is 11.6 Å². The molecule has 0 heterocycles. The predicted octanol–water partition coefficient (Wildman–Crippen LogP) is 2.85. The zero-order chi connectivity index (χ0) is 13.8. The van der Waals surface area contributed by atoms with Gasteiger partial charge < -0.3 is 4.90 Å². The van der Waals surface area contributed by atoms with Crippen LogP contribution in [-0.2, 0) is 0 Å². The summed E-state index contributed by atoms with van der Waals surface area (Å²) in [6, 6.07) is 6.95. The fraction of sp³-hybridized carbons (Fsp3) is 0.250.